The van der Waals surface area contributed by atoms with E-state index in [1.807, 2.05) is 0 Å². The Morgan fingerprint density at radius 3 is 2.27 bits per heavy atom. The van der Waals surface area contributed by atoms with Crippen molar-refractivity contribution in [1.29, 1.82) is 0 Å². The summed E-state index contributed by atoms with van der Waals surface area (Å²) in [7, 11) is 0. The summed E-state index contributed by atoms with van der Waals surface area (Å²) >= 11 is 3.58. The summed E-state index contributed by atoms with van der Waals surface area (Å²) in [4.78, 5) is 0. The summed E-state index contributed by atoms with van der Waals surface area (Å²) in [6.45, 7) is 9.81. The largest absolute Gasteiger partial charge is 0.385 e. The number of anilines is 1. The number of benzene rings is 1. The van der Waals surface area contributed by atoms with Crippen molar-refractivity contribution in [3.8, 4) is 0 Å². The summed E-state index contributed by atoms with van der Waals surface area (Å²) in [5.74, 6) is 0.731. The average molecular weight is 270 g/mol. The molecule has 1 aromatic rings. The Hall–Kier alpha value is -0.500. The van der Waals surface area contributed by atoms with Crippen LogP contribution in [0.4, 0.5) is 5.69 Å². The molecule has 15 heavy (non-hydrogen) atoms. The van der Waals surface area contributed by atoms with Gasteiger partial charge in [-0.25, -0.2) is 0 Å². The van der Waals surface area contributed by atoms with Gasteiger partial charge < -0.3 is 5.32 Å². The normalized spacial score (nSPS) is 12.6. The lowest BCUT2D eigenvalue weighted by atomic mass is 10.1. The standard InChI is InChI=1S/C13H20BrN/c1-5-9(2)8-15-12-6-10(3)13(14)11(4)7-12/h6-7,9,15H,5,8H2,1-4H3. The Morgan fingerprint density at radius 2 is 1.80 bits per heavy atom. The van der Waals surface area contributed by atoms with E-state index in [2.05, 4.69) is 61.1 Å². The molecule has 0 radical (unpaired) electrons. The molecule has 0 aliphatic rings. The molecular weight excluding hydrogens is 250 g/mol. The molecule has 0 spiro atoms. The van der Waals surface area contributed by atoms with Gasteiger partial charge in [0.1, 0.15) is 0 Å². The van der Waals surface area contributed by atoms with E-state index in [1.165, 1.54) is 27.7 Å². The van der Waals surface area contributed by atoms with E-state index in [4.69, 9.17) is 0 Å². The molecule has 0 amide bonds. The van der Waals surface area contributed by atoms with Crippen LogP contribution in [0.2, 0.25) is 0 Å². The minimum Gasteiger partial charge on any atom is -0.385 e. The molecule has 0 heterocycles. The van der Waals surface area contributed by atoms with Gasteiger partial charge in [0.05, 0.1) is 0 Å². The summed E-state index contributed by atoms with van der Waals surface area (Å²) < 4.78 is 1.22. The number of nitrogens with one attached hydrogen (secondary N) is 1. The minimum absolute atomic E-state index is 0.731. The summed E-state index contributed by atoms with van der Waals surface area (Å²) in [6.07, 6.45) is 1.22. The second-order valence-corrected chi connectivity index (χ2v) is 5.11. The average Bonchev–Trinajstić information content (AvgIpc) is 2.22. The topological polar surface area (TPSA) is 12.0 Å². The maximum absolute atomic E-state index is 3.58. The van der Waals surface area contributed by atoms with Gasteiger partial charge in [0, 0.05) is 16.7 Å². The smallest absolute Gasteiger partial charge is 0.0346 e. The lowest BCUT2D eigenvalue weighted by Gasteiger charge is -2.13. The van der Waals surface area contributed by atoms with Gasteiger partial charge in [-0.05, 0) is 43.0 Å². The van der Waals surface area contributed by atoms with Crippen molar-refractivity contribution in [2.45, 2.75) is 34.1 Å². The van der Waals surface area contributed by atoms with Gasteiger partial charge in [0.25, 0.3) is 0 Å². The summed E-state index contributed by atoms with van der Waals surface area (Å²) in [5.41, 5.74) is 3.82. The molecule has 0 aromatic heterocycles. The van der Waals surface area contributed by atoms with Crippen LogP contribution in [-0.2, 0) is 0 Å². The fourth-order valence-corrected chi connectivity index (χ4v) is 1.71. The van der Waals surface area contributed by atoms with Crippen LogP contribution in [0.1, 0.15) is 31.4 Å². The van der Waals surface area contributed by atoms with E-state index >= 15 is 0 Å². The van der Waals surface area contributed by atoms with Crippen LogP contribution < -0.4 is 5.32 Å². The molecule has 1 nitrogen and oxygen atoms in total. The van der Waals surface area contributed by atoms with Crippen molar-refractivity contribution >= 4 is 21.6 Å². The van der Waals surface area contributed by atoms with Gasteiger partial charge in [-0.2, -0.15) is 0 Å². The maximum atomic E-state index is 3.58. The van der Waals surface area contributed by atoms with Gasteiger partial charge in [-0.1, -0.05) is 36.2 Å². The number of halogens is 1. The molecule has 0 fully saturated rings. The molecule has 0 saturated heterocycles. The van der Waals surface area contributed by atoms with Gasteiger partial charge in [0.15, 0.2) is 0 Å². The van der Waals surface area contributed by atoms with E-state index < -0.39 is 0 Å². The number of hydrogen-bond acceptors (Lipinski definition) is 1. The van der Waals surface area contributed by atoms with Crippen LogP contribution in [0, 0.1) is 19.8 Å². The van der Waals surface area contributed by atoms with Crippen LogP contribution in [0.3, 0.4) is 0 Å². The Kier molecular flexibility index (Phi) is 4.65. The second-order valence-electron chi connectivity index (χ2n) is 4.32. The highest BCUT2D eigenvalue weighted by atomic mass is 79.9. The van der Waals surface area contributed by atoms with Crippen molar-refractivity contribution < 1.29 is 0 Å². The number of rotatable bonds is 4. The highest BCUT2D eigenvalue weighted by Gasteiger charge is 2.03. The first-order chi connectivity index (χ1) is 7.04. The van der Waals surface area contributed by atoms with Crippen LogP contribution in [0.5, 0.6) is 0 Å². The molecule has 84 valence electrons. The SMILES string of the molecule is CCC(C)CNc1cc(C)c(Br)c(C)c1. The molecule has 0 saturated carbocycles. The van der Waals surface area contributed by atoms with Crippen molar-refractivity contribution in [2.75, 3.05) is 11.9 Å². The lowest BCUT2D eigenvalue weighted by molar-refractivity contribution is 0.593. The Morgan fingerprint density at radius 1 is 1.27 bits per heavy atom. The Balaban J connectivity index is 2.70. The molecule has 0 bridgehead atoms. The van der Waals surface area contributed by atoms with Crippen LogP contribution in [0.15, 0.2) is 16.6 Å². The number of hydrogen-bond donors (Lipinski definition) is 1. The van der Waals surface area contributed by atoms with Crippen LogP contribution in [0.25, 0.3) is 0 Å². The quantitative estimate of drug-likeness (QED) is 0.847. The van der Waals surface area contributed by atoms with Gasteiger partial charge in [-0.3, -0.25) is 0 Å². The Bertz CT molecular complexity index is 310. The summed E-state index contributed by atoms with van der Waals surface area (Å²) in [5, 5.41) is 3.48. The molecular formula is C13H20BrN. The molecule has 1 atom stereocenters. The molecule has 0 aliphatic heterocycles. The van der Waals surface area contributed by atoms with E-state index in [1.54, 1.807) is 0 Å². The summed E-state index contributed by atoms with van der Waals surface area (Å²) in [6, 6.07) is 4.39. The lowest BCUT2D eigenvalue weighted by Crippen LogP contribution is -2.10. The van der Waals surface area contributed by atoms with E-state index in [0.717, 1.165) is 12.5 Å². The molecule has 1 aromatic carbocycles. The van der Waals surface area contributed by atoms with E-state index in [0.29, 0.717) is 0 Å². The molecule has 1 unspecified atom stereocenters. The van der Waals surface area contributed by atoms with Gasteiger partial charge in [-0.15, -0.1) is 0 Å². The van der Waals surface area contributed by atoms with Crippen LogP contribution >= 0.6 is 15.9 Å². The van der Waals surface area contributed by atoms with Crippen LogP contribution in [-0.4, -0.2) is 6.54 Å². The second kappa shape index (κ2) is 5.55. The van der Waals surface area contributed by atoms with E-state index in [9.17, 15) is 0 Å². The van der Waals surface area contributed by atoms with Crippen molar-refractivity contribution in [3.05, 3.63) is 27.7 Å². The minimum atomic E-state index is 0.731. The third-order valence-electron chi connectivity index (χ3n) is 2.79. The Labute approximate surface area is 101 Å². The zero-order valence-corrected chi connectivity index (χ0v) is 11.6. The third kappa shape index (κ3) is 3.53. The van der Waals surface area contributed by atoms with Crippen molar-refractivity contribution in [3.63, 3.8) is 0 Å². The van der Waals surface area contributed by atoms with E-state index in [-0.39, 0.29) is 0 Å². The van der Waals surface area contributed by atoms with Gasteiger partial charge >= 0.3 is 0 Å². The predicted octanol–water partition coefficient (Wildman–Crippen LogP) is 4.52. The molecule has 2 heteroatoms. The first-order valence-electron chi connectivity index (χ1n) is 5.55. The zero-order valence-electron chi connectivity index (χ0n) is 10.0. The molecule has 1 rings (SSSR count). The predicted molar refractivity (Wildman–Crippen MR) is 71.6 cm³/mol. The zero-order chi connectivity index (χ0) is 11.4. The highest BCUT2D eigenvalue weighted by Crippen LogP contribution is 2.25. The third-order valence-corrected chi connectivity index (χ3v) is 4.04. The number of aryl methyl sites for hydroxylation is 2. The van der Waals surface area contributed by atoms with Gasteiger partial charge in [0.2, 0.25) is 0 Å². The highest BCUT2D eigenvalue weighted by molar-refractivity contribution is 9.10. The molecule has 0 aliphatic carbocycles. The monoisotopic (exact) mass is 269 g/mol. The van der Waals surface area contributed by atoms with Crippen molar-refractivity contribution in [1.82, 2.24) is 0 Å². The first-order valence-corrected chi connectivity index (χ1v) is 6.34. The fraction of sp³-hybridized carbons (Fsp3) is 0.538. The fourth-order valence-electron chi connectivity index (χ4n) is 1.48. The first kappa shape index (κ1) is 12.6. The maximum Gasteiger partial charge on any atom is 0.0346 e. The van der Waals surface area contributed by atoms with Crippen molar-refractivity contribution in [2.24, 2.45) is 5.92 Å². The molecule has 1 N–H and O–H groups in total.